The number of hydrogen-bond acceptors (Lipinski definition) is 5. The molecule has 0 aliphatic heterocycles. The first-order valence-corrected chi connectivity index (χ1v) is 11.7. The molecule has 8 heteroatoms. The maximum absolute atomic E-state index is 12.8. The summed E-state index contributed by atoms with van der Waals surface area (Å²) in [5.41, 5.74) is 4.31. The van der Waals surface area contributed by atoms with Crippen molar-refractivity contribution in [3.63, 3.8) is 0 Å². The van der Waals surface area contributed by atoms with Crippen molar-refractivity contribution in [3.8, 4) is 11.1 Å². The predicted molar refractivity (Wildman–Crippen MR) is 132 cm³/mol. The molecule has 35 heavy (non-hydrogen) atoms. The molecule has 3 rings (SSSR count). The minimum atomic E-state index is -1.13. The molecule has 0 radical (unpaired) electrons. The van der Waals surface area contributed by atoms with Gasteiger partial charge in [0, 0.05) is 13.0 Å². The number of fused-ring (bicyclic) bond motifs is 3. The van der Waals surface area contributed by atoms with Gasteiger partial charge in [-0.2, -0.15) is 0 Å². The van der Waals surface area contributed by atoms with Crippen LogP contribution in [-0.2, 0) is 19.1 Å². The second kappa shape index (κ2) is 11.4. The van der Waals surface area contributed by atoms with Crippen LogP contribution in [0.4, 0.5) is 4.79 Å². The van der Waals surface area contributed by atoms with Crippen LogP contribution in [0, 0.1) is 5.41 Å². The number of carbonyl (C=O) groups excluding carboxylic acids is 2. The molecular formula is C27H34N2O6. The molecule has 0 spiro atoms. The summed E-state index contributed by atoms with van der Waals surface area (Å²) in [6, 6.07) is 13.8. The van der Waals surface area contributed by atoms with E-state index in [1.54, 1.807) is 0 Å². The third kappa shape index (κ3) is 6.82. The molecule has 1 unspecified atom stereocenters. The molecule has 1 aliphatic rings. The number of alkyl carbamates (subject to hydrolysis) is 1. The maximum Gasteiger partial charge on any atom is 0.407 e. The van der Waals surface area contributed by atoms with Gasteiger partial charge in [0.05, 0.1) is 6.61 Å². The number of rotatable bonds is 10. The molecule has 2 aromatic carbocycles. The molecule has 1 aliphatic carbocycles. The summed E-state index contributed by atoms with van der Waals surface area (Å²) in [7, 11) is 1.40. The Morgan fingerprint density at radius 3 is 2.03 bits per heavy atom. The maximum atomic E-state index is 12.8. The predicted octanol–water partition coefficient (Wildman–Crippen LogP) is 3.94. The number of amides is 2. The van der Waals surface area contributed by atoms with Crippen LogP contribution in [0.25, 0.3) is 11.1 Å². The van der Waals surface area contributed by atoms with Gasteiger partial charge in [-0.1, -0.05) is 69.3 Å². The van der Waals surface area contributed by atoms with E-state index in [0.29, 0.717) is 6.42 Å². The molecular weight excluding hydrogens is 448 g/mol. The highest BCUT2D eigenvalue weighted by molar-refractivity contribution is 5.89. The molecule has 8 nitrogen and oxygen atoms in total. The van der Waals surface area contributed by atoms with E-state index < -0.39 is 30.1 Å². The largest absolute Gasteiger partial charge is 0.480 e. The van der Waals surface area contributed by atoms with Crippen molar-refractivity contribution in [1.82, 2.24) is 10.6 Å². The lowest BCUT2D eigenvalue weighted by Gasteiger charge is -2.24. The zero-order chi connectivity index (χ0) is 25.6. The van der Waals surface area contributed by atoms with Crippen molar-refractivity contribution in [3.05, 3.63) is 59.7 Å². The highest BCUT2D eigenvalue weighted by Gasteiger charge is 2.31. The molecule has 3 N–H and O–H groups in total. The van der Waals surface area contributed by atoms with Crippen molar-refractivity contribution in [2.75, 3.05) is 20.3 Å². The zero-order valence-electron chi connectivity index (χ0n) is 20.7. The van der Waals surface area contributed by atoms with Gasteiger partial charge in [0.25, 0.3) is 0 Å². The van der Waals surface area contributed by atoms with Crippen LogP contribution in [0.3, 0.4) is 0 Å². The summed E-state index contributed by atoms with van der Waals surface area (Å²) in [6.45, 7) is 5.98. The first-order valence-electron chi connectivity index (χ1n) is 11.7. The number of ether oxygens (including phenoxy) is 2. The van der Waals surface area contributed by atoms with Crippen molar-refractivity contribution < 1.29 is 29.0 Å². The Kier molecular flexibility index (Phi) is 8.51. The minimum Gasteiger partial charge on any atom is -0.480 e. The lowest BCUT2D eigenvalue weighted by molar-refractivity contribution is -0.142. The summed E-state index contributed by atoms with van der Waals surface area (Å²) in [5.74, 6) is -1.88. The summed E-state index contributed by atoms with van der Waals surface area (Å²) >= 11 is 0. The van der Waals surface area contributed by atoms with Crippen LogP contribution < -0.4 is 10.6 Å². The summed E-state index contributed by atoms with van der Waals surface area (Å²) < 4.78 is 10.6. The van der Waals surface area contributed by atoms with Gasteiger partial charge in [0.1, 0.15) is 18.7 Å². The standard InChI is InChI=1S/C27H34N2O6/c1-27(2,3)14-13-22(25(31)32)28-24(30)23(16-34-4)29-26(33)35-15-21-19-11-7-5-9-17(19)18-10-6-8-12-20(18)21/h5-12,21-23H,13-16H2,1-4H3,(H,28,30)(H,29,33)(H,31,32)/t22?,23-/m0/s1. The Bertz CT molecular complexity index is 1020. The highest BCUT2D eigenvalue weighted by Crippen LogP contribution is 2.44. The second-order valence-electron chi connectivity index (χ2n) is 9.98. The Morgan fingerprint density at radius 2 is 1.51 bits per heavy atom. The van der Waals surface area contributed by atoms with Crippen molar-refractivity contribution in [2.45, 2.75) is 51.6 Å². The van der Waals surface area contributed by atoms with Crippen LogP contribution in [-0.4, -0.2) is 55.5 Å². The van der Waals surface area contributed by atoms with Crippen LogP contribution in [0.2, 0.25) is 0 Å². The molecule has 0 saturated carbocycles. The number of nitrogens with one attached hydrogen (secondary N) is 2. The van der Waals surface area contributed by atoms with E-state index in [1.807, 2.05) is 69.3 Å². The van der Waals surface area contributed by atoms with Gasteiger partial charge in [0.2, 0.25) is 5.91 Å². The lowest BCUT2D eigenvalue weighted by atomic mass is 9.88. The monoisotopic (exact) mass is 482 g/mol. The average molecular weight is 483 g/mol. The Labute approximate surface area is 206 Å². The van der Waals surface area contributed by atoms with Gasteiger partial charge in [-0.15, -0.1) is 0 Å². The van der Waals surface area contributed by atoms with Gasteiger partial charge in [-0.3, -0.25) is 4.79 Å². The second-order valence-corrected chi connectivity index (χ2v) is 9.98. The minimum absolute atomic E-state index is 0.0795. The molecule has 2 amide bonds. The quantitative estimate of drug-likeness (QED) is 0.473. The molecule has 0 aromatic heterocycles. The van der Waals surface area contributed by atoms with E-state index >= 15 is 0 Å². The number of aliphatic carboxylic acids is 1. The molecule has 2 aromatic rings. The number of carbonyl (C=O) groups is 3. The van der Waals surface area contributed by atoms with E-state index in [1.165, 1.54) is 7.11 Å². The van der Waals surface area contributed by atoms with Gasteiger partial charge in [0.15, 0.2) is 0 Å². The molecule has 2 atom stereocenters. The summed E-state index contributed by atoms with van der Waals surface area (Å²) in [5, 5.41) is 14.5. The normalized spacial score (nSPS) is 14.4. The van der Waals surface area contributed by atoms with Crippen LogP contribution >= 0.6 is 0 Å². The van der Waals surface area contributed by atoms with E-state index in [-0.39, 0.29) is 31.0 Å². The van der Waals surface area contributed by atoms with Crippen LogP contribution in [0.15, 0.2) is 48.5 Å². The van der Waals surface area contributed by atoms with Gasteiger partial charge < -0.3 is 25.2 Å². The Morgan fingerprint density at radius 1 is 0.943 bits per heavy atom. The Balaban J connectivity index is 1.62. The average Bonchev–Trinajstić information content (AvgIpc) is 3.13. The number of benzene rings is 2. The lowest BCUT2D eigenvalue weighted by Crippen LogP contribution is -2.53. The number of carboxylic acids is 1. The van der Waals surface area contributed by atoms with E-state index in [2.05, 4.69) is 10.6 Å². The Hall–Kier alpha value is -3.39. The fourth-order valence-corrected chi connectivity index (χ4v) is 4.24. The number of hydrogen-bond donors (Lipinski definition) is 3. The first kappa shape index (κ1) is 26.2. The third-order valence-corrected chi connectivity index (χ3v) is 6.08. The van der Waals surface area contributed by atoms with Crippen molar-refractivity contribution in [2.24, 2.45) is 5.41 Å². The molecule has 0 heterocycles. The highest BCUT2D eigenvalue weighted by atomic mass is 16.5. The fraction of sp³-hybridized carbons (Fsp3) is 0.444. The van der Waals surface area contributed by atoms with E-state index in [4.69, 9.17) is 9.47 Å². The van der Waals surface area contributed by atoms with Crippen LogP contribution in [0.1, 0.15) is 50.7 Å². The SMILES string of the molecule is COC[C@H](NC(=O)OCC1c2ccccc2-c2ccccc21)C(=O)NC(CCC(C)(C)C)C(=O)O. The zero-order valence-corrected chi connectivity index (χ0v) is 20.7. The molecule has 188 valence electrons. The van der Waals surface area contributed by atoms with Gasteiger partial charge >= 0.3 is 12.1 Å². The van der Waals surface area contributed by atoms with Crippen molar-refractivity contribution in [1.29, 1.82) is 0 Å². The van der Waals surface area contributed by atoms with Gasteiger partial charge in [-0.05, 0) is 40.5 Å². The van der Waals surface area contributed by atoms with E-state index in [0.717, 1.165) is 22.3 Å². The molecule has 0 bridgehead atoms. The number of carboxylic acid groups (broad SMARTS) is 1. The third-order valence-electron chi connectivity index (χ3n) is 6.08. The fourth-order valence-electron chi connectivity index (χ4n) is 4.24. The molecule has 0 fully saturated rings. The van der Waals surface area contributed by atoms with Crippen molar-refractivity contribution >= 4 is 18.0 Å². The summed E-state index contributed by atoms with van der Waals surface area (Å²) in [4.78, 5) is 37.0. The summed E-state index contributed by atoms with van der Waals surface area (Å²) in [6.07, 6.45) is 0.111. The first-order chi connectivity index (χ1) is 16.6. The van der Waals surface area contributed by atoms with Crippen LogP contribution in [0.5, 0.6) is 0 Å². The smallest absolute Gasteiger partial charge is 0.407 e. The molecule has 0 saturated heterocycles. The van der Waals surface area contributed by atoms with E-state index in [9.17, 15) is 19.5 Å². The topological polar surface area (TPSA) is 114 Å². The van der Waals surface area contributed by atoms with Gasteiger partial charge in [-0.25, -0.2) is 9.59 Å². The number of methoxy groups -OCH3 is 1.